The number of aromatic nitrogens is 8. The molecule has 0 bridgehead atoms. The minimum Gasteiger partial charge on any atom is -0.384 e. The topological polar surface area (TPSA) is 136 Å². The molecule has 2 N–H and O–H groups in total. The van der Waals surface area contributed by atoms with Crippen molar-refractivity contribution in [3.63, 3.8) is 0 Å². The highest BCUT2D eigenvalue weighted by Gasteiger charge is 2.32. The van der Waals surface area contributed by atoms with Gasteiger partial charge < -0.3 is 10.6 Å². The lowest BCUT2D eigenvalue weighted by Gasteiger charge is -2.39. The molecule has 178 valence electrons. The van der Waals surface area contributed by atoms with Crippen LogP contribution in [-0.2, 0) is 6.54 Å². The van der Waals surface area contributed by atoms with E-state index in [2.05, 4.69) is 41.7 Å². The third-order valence-electron chi connectivity index (χ3n) is 6.56. The number of hydrogen-bond donors (Lipinski definition) is 1. The smallest absolute Gasteiger partial charge is 0.384 e. The van der Waals surface area contributed by atoms with Gasteiger partial charge in [-0.1, -0.05) is 19.8 Å². The molecule has 0 aromatic carbocycles. The zero-order valence-corrected chi connectivity index (χ0v) is 19.7. The average molecular weight is 473 g/mol. The number of hydrogen-bond acceptors (Lipinski definition) is 9. The standard InChI is InChI=1S/C23H26N11O/c1-3-4-5-8-32-18-9-17(27-20(18)21(35)34-14(2)29-30-23(32)34)15-10-26-33(11-15)16-12-31(13-16)22-25-7-6-19(24)28-22/h6-7,9-11,16H,3-5,8,12-13H2,1-2H3,(H2,24,25,28)/q+1. The van der Waals surface area contributed by atoms with Crippen LogP contribution >= 0.6 is 0 Å². The van der Waals surface area contributed by atoms with Crippen LogP contribution < -0.4 is 26.1 Å². The van der Waals surface area contributed by atoms with Gasteiger partial charge in [0.15, 0.2) is 5.36 Å². The van der Waals surface area contributed by atoms with Crippen molar-refractivity contribution in [1.82, 2.24) is 34.3 Å². The summed E-state index contributed by atoms with van der Waals surface area (Å²) in [6, 6.07) is 1.87. The molecule has 35 heavy (non-hydrogen) atoms. The van der Waals surface area contributed by atoms with E-state index in [1.807, 2.05) is 17.0 Å². The first-order chi connectivity index (χ1) is 17.0. The Morgan fingerprint density at radius 2 is 2.09 bits per heavy atom. The summed E-state index contributed by atoms with van der Waals surface area (Å²) in [5.74, 6) is 2.21. The molecule has 0 unspecified atom stereocenters. The van der Waals surface area contributed by atoms with Crippen LogP contribution in [-0.4, -0.2) is 47.4 Å². The number of nitrogen functional groups attached to an aromatic ring is 1. The van der Waals surface area contributed by atoms with Gasteiger partial charge >= 0.3 is 11.3 Å². The molecule has 12 heteroatoms. The van der Waals surface area contributed by atoms with Crippen molar-refractivity contribution >= 4 is 29.3 Å². The second kappa shape index (κ2) is 8.22. The zero-order valence-electron chi connectivity index (χ0n) is 19.7. The van der Waals surface area contributed by atoms with Crippen molar-refractivity contribution in [2.24, 2.45) is 4.99 Å². The van der Waals surface area contributed by atoms with Crippen molar-refractivity contribution in [2.75, 3.05) is 23.7 Å². The molecule has 4 aromatic heterocycles. The van der Waals surface area contributed by atoms with Crippen molar-refractivity contribution in [3.8, 4) is 0 Å². The van der Waals surface area contributed by atoms with E-state index in [1.165, 1.54) is 0 Å². The van der Waals surface area contributed by atoms with Crippen LogP contribution in [0.2, 0.25) is 0 Å². The Bertz CT molecular complexity index is 1580. The molecule has 2 aliphatic heterocycles. The quantitative estimate of drug-likeness (QED) is 0.301. The average Bonchev–Trinajstić information content (AvgIpc) is 3.54. The molecule has 0 radical (unpaired) electrons. The lowest BCUT2D eigenvalue weighted by molar-refractivity contribution is -0.679. The molecule has 6 heterocycles. The summed E-state index contributed by atoms with van der Waals surface area (Å²) in [6.07, 6.45) is 10.6. The Kier molecular flexibility index (Phi) is 5.01. The van der Waals surface area contributed by atoms with Crippen LogP contribution in [0.15, 0.2) is 34.4 Å². The van der Waals surface area contributed by atoms with Gasteiger partial charge in [-0.15, -0.1) is 4.40 Å². The number of rotatable bonds is 7. The molecule has 0 aliphatic carbocycles. The number of anilines is 2. The summed E-state index contributed by atoms with van der Waals surface area (Å²) in [5, 5.41) is 13.4. The van der Waals surface area contributed by atoms with Crippen LogP contribution in [0.3, 0.4) is 0 Å². The number of unbranched alkanes of at least 4 members (excludes halogenated alkanes) is 2. The van der Waals surface area contributed by atoms with Gasteiger partial charge in [0, 0.05) is 49.1 Å². The molecular weight excluding hydrogens is 446 g/mol. The fourth-order valence-corrected chi connectivity index (χ4v) is 4.61. The Balaban J connectivity index is 1.29. The molecule has 0 amide bonds. The number of aryl methyl sites for hydroxylation is 2. The van der Waals surface area contributed by atoms with Gasteiger partial charge in [-0.3, -0.25) is 4.68 Å². The van der Waals surface area contributed by atoms with Crippen LogP contribution in [0.4, 0.5) is 11.8 Å². The van der Waals surface area contributed by atoms with Crippen molar-refractivity contribution < 1.29 is 4.57 Å². The first-order valence-corrected chi connectivity index (χ1v) is 11.8. The Morgan fingerprint density at radius 3 is 2.89 bits per heavy atom. The zero-order chi connectivity index (χ0) is 24.1. The van der Waals surface area contributed by atoms with Crippen molar-refractivity contribution in [1.29, 1.82) is 0 Å². The fourth-order valence-electron chi connectivity index (χ4n) is 4.61. The summed E-state index contributed by atoms with van der Waals surface area (Å²) >= 11 is 0. The van der Waals surface area contributed by atoms with E-state index >= 15 is 0 Å². The summed E-state index contributed by atoms with van der Waals surface area (Å²) in [5.41, 5.74) is 7.95. The van der Waals surface area contributed by atoms with Crippen LogP contribution in [0, 0.1) is 6.92 Å². The summed E-state index contributed by atoms with van der Waals surface area (Å²) in [4.78, 5) is 28.6. The van der Waals surface area contributed by atoms with Crippen LogP contribution in [0.1, 0.15) is 49.3 Å². The van der Waals surface area contributed by atoms with E-state index in [0.717, 1.165) is 55.9 Å². The van der Waals surface area contributed by atoms with Gasteiger partial charge in [0.25, 0.3) is 0 Å². The van der Waals surface area contributed by atoms with Crippen molar-refractivity contribution in [3.05, 3.63) is 57.4 Å². The Morgan fingerprint density at radius 1 is 1.23 bits per heavy atom. The van der Waals surface area contributed by atoms with Gasteiger partial charge in [-0.2, -0.15) is 10.1 Å². The van der Waals surface area contributed by atoms with Crippen molar-refractivity contribution in [2.45, 2.75) is 45.7 Å². The second-order valence-corrected chi connectivity index (χ2v) is 8.97. The predicted octanol–water partition coefficient (Wildman–Crippen LogP) is 0.356. The molecule has 1 fully saturated rings. The molecule has 0 saturated carbocycles. The predicted molar refractivity (Wildman–Crippen MR) is 128 cm³/mol. The van der Waals surface area contributed by atoms with E-state index in [1.54, 1.807) is 29.8 Å². The van der Waals surface area contributed by atoms with Gasteiger partial charge in [0.05, 0.1) is 24.5 Å². The maximum Gasteiger partial charge on any atom is 0.431 e. The highest BCUT2D eigenvalue weighted by molar-refractivity contribution is 5.81. The lowest BCUT2D eigenvalue weighted by Crippen LogP contribution is -2.50. The van der Waals surface area contributed by atoms with E-state index in [4.69, 9.17) is 10.7 Å². The molecular formula is C23H26N11O+. The molecule has 4 aromatic rings. The second-order valence-electron chi connectivity index (χ2n) is 8.97. The number of nitrogens with two attached hydrogens (primary N) is 1. The normalized spacial score (nSPS) is 15.3. The largest absolute Gasteiger partial charge is 0.431 e. The van der Waals surface area contributed by atoms with E-state index in [9.17, 15) is 4.79 Å². The van der Waals surface area contributed by atoms with E-state index in [-0.39, 0.29) is 11.6 Å². The number of nitrogens with zero attached hydrogens (tertiary/aromatic N) is 10. The maximum absolute atomic E-state index is 13.2. The van der Waals surface area contributed by atoms with Crippen LogP contribution in [0.25, 0.3) is 17.6 Å². The van der Waals surface area contributed by atoms with E-state index in [0.29, 0.717) is 28.7 Å². The number of fused-ring (bicyclic) bond motifs is 2. The van der Waals surface area contributed by atoms with Gasteiger partial charge in [0.2, 0.25) is 11.8 Å². The first kappa shape index (κ1) is 21.3. The maximum atomic E-state index is 13.2. The SMILES string of the molecule is CCCCC[n+]1c2c(c(=O)n3c(C)nnc31)=NC(c1cnn(C3CN(c4nccc(N)n4)C3)c1)=C2. The Labute approximate surface area is 200 Å². The van der Waals surface area contributed by atoms with E-state index < -0.39 is 0 Å². The fraction of sp³-hybridized carbons (Fsp3) is 0.391. The highest BCUT2D eigenvalue weighted by Crippen LogP contribution is 2.27. The molecule has 0 spiro atoms. The minimum atomic E-state index is -0.195. The third-order valence-corrected chi connectivity index (χ3v) is 6.56. The summed E-state index contributed by atoms with van der Waals surface area (Å²) in [6.45, 7) is 6.19. The lowest BCUT2D eigenvalue weighted by atomic mass is 10.1. The molecule has 0 atom stereocenters. The first-order valence-electron chi connectivity index (χ1n) is 11.8. The van der Waals surface area contributed by atoms with Gasteiger partial charge in [0.1, 0.15) is 11.5 Å². The van der Waals surface area contributed by atoms with Gasteiger partial charge in [-0.25, -0.2) is 19.3 Å². The van der Waals surface area contributed by atoms with Crippen LogP contribution in [0.5, 0.6) is 0 Å². The van der Waals surface area contributed by atoms with Gasteiger partial charge in [-0.05, 0) is 17.6 Å². The Hall–Kier alpha value is -4.22. The third kappa shape index (κ3) is 3.52. The highest BCUT2D eigenvalue weighted by atomic mass is 16.1. The molecule has 1 saturated heterocycles. The molecule has 6 rings (SSSR count). The summed E-state index contributed by atoms with van der Waals surface area (Å²) in [7, 11) is 0. The monoisotopic (exact) mass is 472 g/mol. The molecule has 12 nitrogen and oxygen atoms in total. The summed E-state index contributed by atoms with van der Waals surface area (Å²) < 4.78 is 5.55. The minimum absolute atomic E-state index is 0.195. The molecule has 2 aliphatic rings.